The van der Waals surface area contributed by atoms with Crippen LogP contribution in [0.15, 0.2) is 18.2 Å². The fourth-order valence-electron chi connectivity index (χ4n) is 1.40. The summed E-state index contributed by atoms with van der Waals surface area (Å²) in [5.74, 6) is 0.624. The Morgan fingerprint density at radius 3 is 2.62 bits per heavy atom. The highest BCUT2D eigenvalue weighted by Gasteiger charge is 2.27. The molecule has 8 heteroatoms. The molecule has 0 radical (unpaired) electrons. The zero-order valence-electron chi connectivity index (χ0n) is 11.2. The Bertz CT molecular complexity index is 499. The Kier molecular flexibility index (Phi) is 6.27. The molecule has 0 saturated carbocycles. The van der Waals surface area contributed by atoms with Gasteiger partial charge < -0.3 is 19.3 Å². The largest absolute Gasteiger partial charge is 0.495 e. The molecular weight excluding hydrogens is 291 g/mol. The molecular formula is C13H14F3NO4. The molecule has 1 unspecified atom stereocenters. The quantitative estimate of drug-likeness (QED) is 0.833. The molecule has 0 aliphatic rings. The van der Waals surface area contributed by atoms with E-state index >= 15 is 0 Å². The van der Waals surface area contributed by atoms with Gasteiger partial charge in [-0.15, -0.1) is 0 Å². The number of aliphatic hydroxyl groups excluding tert-OH is 1. The van der Waals surface area contributed by atoms with Crippen molar-refractivity contribution in [3.8, 4) is 17.6 Å². The molecule has 0 aliphatic carbocycles. The zero-order chi connectivity index (χ0) is 15.9. The van der Waals surface area contributed by atoms with Gasteiger partial charge in [-0.25, -0.2) is 0 Å². The minimum Gasteiger partial charge on any atom is -0.495 e. The second-order valence-electron chi connectivity index (χ2n) is 4.07. The Hall–Kier alpha value is -1.98. The van der Waals surface area contributed by atoms with Gasteiger partial charge in [0.15, 0.2) is 0 Å². The number of nitriles is 1. The van der Waals surface area contributed by atoms with Crippen molar-refractivity contribution in [2.75, 3.05) is 26.9 Å². The van der Waals surface area contributed by atoms with Gasteiger partial charge in [-0.1, -0.05) is 0 Å². The third-order valence-corrected chi connectivity index (χ3v) is 2.31. The normalized spacial score (nSPS) is 12.6. The van der Waals surface area contributed by atoms with Gasteiger partial charge in [0.05, 0.1) is 19.3 Å². The van der Waals surface area contributed by atoms with Gasteiger partial charge in [0.1, 0.15) is 36.9 Å². The highest BCUT2D eigenvalue weighted by atomic mass is 19.4. The van der Waals surface area contributed by atoms with Crippen molar-refractivity contribution < 1.29 is 32.5 Å². The molecule has 1 aromatic carbocycles. The van der Waals surface area contributed by atoms with Gasteiger partial charge in [0.2, 0.25) is 0 Å². The number of rotatable bonds is 7. The van der Waals surface area contributed by atoms with Crippen molar-refractivity contribution in [1.82, 2.24) is 0 Å². The summed E-state index contributed by atoms with van der Waals surface area (Å²) < 4.78 is 50.0. The van der Waals surface area contributed by atoms with E-state index in [0.29, 0.717) is 17.1 Å². The second-order valence-corrected chi connectivity index (χ2v) is 4.07. The summed E-state index contributed by atoms with van der Waals surface area (Å²) in [4.78, 5) is 0. The van der Waals surface area contributed by atoms with Crippen molar-refractivity contribution >= 4 is 0 Å². The SMILES string of the molecule is COc1cc(OCC(O)COCC(F)(F)F)ccc1C#N. The summed E-state index contributed by atoms with van der Waals surface area (Å²) in [6.07, 6.45) is -5.63. The molecule has 1 rings (SSSR count). The molecule has 0 fully saturated rings. The van der Waals surface area contributed by atoms with Gasteiger partial charge in [-0.2, -0.15) is 18.4 Å². The molecule has 0 saturated heterocycles. The summed E-state index contributed by atoms with van der Waals surface area (Å²) in [5, 5.41) is 18.2. The summed E-state index contributed by atoms with van der Waals surface area (Å²) in [6.45, 7) is -2.16. The van der Waals surface area contributed by atoms with Crippen LogP contribution in [0.2, 0.25) is 0 Å². The smallest absolute Gasteiger partial charge is 0.411 e. The lowest BCUT2D eigenvalue weighted by molar-refractivity contribution is -0.179. The van der Waals surface area contributed by atoms with Crippen molar-refractivity contribution in [3.63, 3.8) is 0 Å². The van der Waals surface area contributed by atoms with Crippen LogP contribution in [0, 0.1) is 11.3 Å². The lowest BCUT2D eigenvalue weighted by atomic mass is 10.2. The molecule has 1 N–H and O–H groups in total. The Morgan fingerprint density at radius 2 is 2.05 bits per heavy atom. The van der Waals surface area contributed by atoms with E-state index in [9.17, 15) is 18.3 Å². The first-order chi connectivity index (χ1) is 9.85. The molecule has 0 amide bonds. The number of halogens is 3. The molecule has 5 nitrogen and oxygen atoms in total. The highest BCUT2D eigenvalue weighted by Crippen LogP contribution is 2.24. The van der Waals surface area contributed by atoms with E-state index < -0.39 is 25.5 Å². The van der Waals surface area contributed by atoms with Crippen LogP contribution in [0.1, 0.15) is 5.56 Å². The third-order valence-electron chi connectivity index (χ3n) is 2.31. The predicted octanol–water partition coefficient (Wildman–Crippen LogP) is 1.89. The van der Waals surface area contributed by atoms with Crippen LogP contribution in [0.5, 0.6) is 11.5 Å². The molecule has 21 heavy (non-hydrogen) atoms. The highest BCUT2D eigenvalue weighted by molar-refractivity contribution is 5.47. The van der Waals surface area contributed by atoms with Crippen LogP contribution in [0.25, 0.3) is 0 Å². The average Bonchev–Trinajstić information content (AvgIpc) is 2.43. The Labute approximate surface area is 119 Å². The Morgan fingerprint density at radius 1 is 1.33 bits per heavy atom. The monoisotopic (exact) mass is 305 g/mol. The number of nitrogens with zero attached hydrogens (tertiary/aromatic N) is 1. The molecule has 1 aromatic rings. The fourth-order valence-corrected chi connectivity index (χ4v) is 1.40. The number of hydrogen-bond donors (Lipinski definition) is 1. The number of hydrogen-bond acceptors (Lipinski definition) is 5. The van der Waals surface area contributed by atoms with Gasteiger partial charge in [-0.05, 0) is 12.1 Å². The van der Waals surface area contributed by atoms with E-state index in [1.54, 1.807) is 0 Å². The van der Waals surface area contributed by atoms with E-state index in [1.807, 2.05) is 6.07 Å². The number of ether oxygens (including phenoxy) is 3. The first-order valence-corrected chi connectivity index (χ1v) is 5.89. The minimum atomic E-state index is -4.43. The minimum absolute atomic E-state index is 0.243. The maximum Gasteiger partial charge on any atom is 0.411 e. The van der Waals surface area contributed by atoms with E-state index in [0.717, 1.165) is 0 Å². The third kappa shape index (κ3) is 6.33. The summed E-state index contributed by atoms with van der Waals surface area (Å²) in [5.41, 5.74) is 0.318. The molecule has 0 aliphatic heterocycles. The first-order valence-electron chi connectivity index (χ1n) is 5.89. The first kappa shape index (κ1) is 17.1. The topological polar surface area (TPSA) is 71.7 Å². The van der Waals surface area contributed by atoms with Crippen LogP contribution in [-0.2, 0) is 4.74 Å². The second kappa shape index (κ2) is 7.71. The number of benzene rings is 1. The van der Waals surface area contributed by atoms with E-state index in [-0.39, 0.29) is 6.61 Å². The van der Waals surface area contributed by atoms with Gasteiger partial charge in [-0.3, -0.25) is 0 Å². The van der Waals surface area contributed by atoms with Crippen LogP contribution < -0.4 is 9.47 Å². The molecule has 116 valence electrons. The maximum absolute atomic E-state index is 11.8. The van der Waals surface area contributed by atoms with Gasteiger partial charge >= 0.3 is 6.18 Å². The summed E-state index contributed by atoms with van der Waals surface area (Å²) in [6, 6.07) is 6.33. The van der Waals surface area contributed by atoms with E-state index in [4.69, 9.17) is 14.7 Å². The van der Waals surface area contributed by atoms with E-state index in [1.165, 1.54) is 25.3 Å². The van der Waals surface area contributed by atoms with Crippen molar-refractivity contribution in [3.05, 3.63) is 23.8 Å². The fraction of sp³-hybridized carbons (Fsp3) is 0.462. The van der Waals surface area contributed by atoms with Crippen LogP contribution >= 0.6 is 0 Å². The lowest BCUT2D eigenvalue weighted by Crippen LogP contribution is -2.27. The zero-order valence-corrected chi connectivity index (χ0v) is 11.2. The molecule has 1 atom stereocenters. The van der Waals surface area contributed by atoms with Gasteiger partial charge in [0.25, 0.3) is 0 Å². The van der Waals surface area contributed by atoms with E-state index in [2.05, 4.69) is 4.74 Å². The maximum atomic E-state index is 11.8. The summed E-state index contributed by atoms with van der Waals surface area (Å²) in [7, 11) is 1.39. The lowest BCUT2D eigenvalue weighted by Gasteiger charge is -2.14. The van der Waals surface area contributed by atoms with Crippen molar-refractivity contribution in [2.45, 2.75) is 12.3 Å². The number of alkyl halides is 3. The average molecular weight is 305 g/mol. The van der Waals surface area contributed by atoms with Crippen LogP contribution in [0.4, 0.5) is 13.2 Å². The Balaban J connectivity index is 2.43. The molecule has 0 spiro atoms. The standard InChI is InChI=1S/C13H14F3NO4/c1-19-12-4-11(3-2-9(12)5-17)21-7-10(18)6-20-8-13(14,15)16/h2-4,10,18H,6-8H2,1H3. The molecule has 0 heterocycles. The number of methoxy groups -OCH3 is 1. The van der Waals surface area contributed by atoms with Gasteiger partial charge in [0, 0.05) is 6.07 Å². The number of aliphatic hydroxyl groups is 1. The molecule has 0 aromatic heterocycles. The summed E-state index contributed by atoms with van der Waals surface area (Å²) >= 11 is 0. The van der Waals surface area contributed by atoms with Crippen molar-refractivity contribution in [2.24, 2.45) is 0 Å². The predicted molar refractivity (Wildman–Crippen MR) is 66.1 cm³/mol. The van der Waals surface area contributed by atoms with Crippen LogP contribution in [-0.4, -0.2) is 44.3 Å². The van der Waals surface area contributed by atoms with Crippen LogP contribution in [0.3, 0.4) is 0 Å². The van der Waals surface area contributed by atoms with Crippen molar-refractivity contribution in [1.29, 1.82) is 5.26 Å². The molecule has 0 bridgehead atoms.